The Labute approximate surface area is 186 Å². The summed E-state index contributed by atoms with van der Waals surface area (Å²) in [5, 5.41) is 3.48. The number of amides is 1. The Morgan fingerprint density at radius 1 is 1.19 bits per heavy atom. The van der Waals surface area contributed by atoms with Gasteiger partial charge >= 0.3 is 0 Å². The molecule has 1 aromatic carbocycles. The van der Waals surface area contributed by atoms with E-state index in [1.54, 1.807) is 19.0 Å². The summed E-state index contributed by atoms with van der Waals surface area (Å²) in [5.74, 6) is 0.835. The van der Waals surface area contributed by atoms with Crippen molar-refractivity contribution in [2.75, 3.05) is 66.5 Å². The second-order valence-electron chi connectivity index (χ2n) is 8.40. The van der Waals surface area contributed by atoms with Gasteiger partial charge in [0.2, 0.25) is 5.91 Å². The monoisotopic (exact) mass is 427 g/mol. The van der Waals surface area contributed by atoms with Crippen LogP contribution in [0.5, 0.6) is 0 Å². The van der Waals surface area contributed by atoms with Crippen molar-refractivity contribution in [2.45, 2.75) is 25.4 Å². The average molecular weight is 428 g/mol. The molecule has 0 bridgehead atoms. The molecule has 170 valence electrons. The van der Waals surface area contributed by atoms with Gasteiger partial charge in [0.25, 0.3) is 0 Å². The maximum Gasteiger partial charge on any atom is 0.243 e. The van der Waals surface area contributed by atoms with Gasteiger partial charge in [-0.25, -0.2) is 4.99 Å². The fraction of sp³-hybridized carbons (Fsp3) is 0.583. The topological polar surface area (TPSA) is 60.4 Å². The average Bonchev–Trinajstić information content (AvgIpc) is 2.81. The van der Waals surface area contributed by atoms with Crippen LogP contribution in [0.1, 0.15) is 24.8 Å². The third-order valence-electron chi connectivity index (χ3n) is 5.77. The number of likely N-dealkylation sites (N-methyl/N-ethyl adjacent to an activating group) is 1. The zero-order chi connectivity index (χ0) is 21.9. The normalized spacial score (nSPS) is 20.8. The number of guanidine groups is 1. The van der Waals surface area contributed by atoms with Crippen molar-refractivity contribution in [3.63, 3.8) is 0 Å². The van der Waals surface area contributed by atoms with E-state index in [1.807, 2.05) is 6.07 Å². The highest BCUT2D eigenvalue weighted by molar-refractivity contribution is 5.85. The van der Waals surface area contributed by atoms with E-state index in [1.165, 1.54) is 12.0 Å². The molecule has 2 fully saturated rings. The highest BCUT2D eigenvalue weighted by Crippen LogP contribution is 2.12. The lowest BCUT2D eigenvalue weighted by Gasteiger charge is -2.36. The molecule has 1 amide bonds. The zero-order valence-corrected chi connectivity index (χ0v) is 19.0. The summed E-state index contributed by atoms with van der Waals surface area (Å²) in [4.78, 5) is 23.0. The third kappa shape index (κ3) is 7.99. The summed E-state index contributed by atoms with van der Waals surface area (Å²) < 4.78 is 5.85. The van der Waals surface area contributed by atoms with Gasteiger partial charge in [-0.15, -0.1) is 0 Å². The van der Waals surface area contributed by atoms with Crippen molar-refractivity contribution in [1.29, 1.82) is 0 Å². The number of hydrogen-bond donors (Lipinski definition) is 1. The van der Waals surface area contributed by atoms with Crippen LogP contribution in [0.2, 0.25) is 0 Å². The van der Waals surface area contributed by atoms with Crippen LogP contribution < -0.4 is 5.32 Å². The van der Waals surface area contributed by atoms with Crippen molar-refractivity contribution in [1.82, 2.24) is 20.0 Å². The van der Waals surface area contributed by atoms with Crippen molar-refractivity contribution in [3.05, 3.63) is 42.0 Å². The summed E-state index contributed by atoms with van der Waals surface area (Å²) in [6.45, 7) is 6.43. The van der Waals surface area contributed by atoms with Gasteiger partial charge in [0, 0.05) is 60.0 Å². The molecule has 7 nitrogen and oxygen atoms in total. The van der Waals surface area contributed by atoms with Crippen LogP contribution in [0.3, 0.4) is 0 Å². The quantitative estimate of drug-likeness (QED) is 0.532. The number of piperazine rings is 1. The maximum atomic E-state index is 12.1. The fourth-order valence-electron chi connectivity index (χ4n) is 3.77. The standard InChI is InChI=1S/C24H37N5O2/c1-27(2)23(30)20-26-24(25-19-22-12-6-7-18-31-22)29-16-14-28(15-17-29)13-8-11-21-9-4-3-5-10-21/h3-5,8-11,22H,6-7,12-20H2,1-2H3,(H,25,26)/b11-8+. The molecule has 2 aliphatic heterocycles. The summed E-state index contributed by atoms with van der Waals surface area (Å²) in [6.07, 6.45) is 8.08. The van der Waals surface area contributed by atoms with Crippen LogP contribution in [-0.4, -0.2) is 99.2 Å². The lowest BCUT2D eigenvalue weighted by molar-refractivity contribution is -0.127. The number of ether oxygens (including phenoxy) is 1. The van der Waals surface area contributed by atoms with Crippen molar-refractivity contribution < 1.29 is 9.53 Å². The van der Waals surface area contributed by atoms with Crippen LogP contribution >= 0.6 is 0 Å². The minimum Gasteiger partial charge on any atom is -0.376 e. The van der Waals surface area contributed by atoms with E-state index in [-0.39, 0.29) is 18.6 Å². The Balaban J connectivity index is 1.50. The van der Waals surface area contributed by atoms with E-state index in [0.29, 0.717) is 0 Å². The van der Waals surface area contributed by atoms with E-state index >= 15 is 0 Å². The molecular formula is C24H37N5O2. The second kappa shape index (κ2) is 12.5. The number of nitrogens with zero attached hydrogens (tertiary/aromatic N) is 4. The van der Waals surface area contributed by atoms with Crippen LogP contribution in [0.4, 0.5) is 0 Å². The van der Waals surface area contributed by atoms with Gasteiger partial charge in [-0.3, -0.25) is 9.69 Å². The molecule has 1 atom stereocenters. The predicted molar refractivity (Wildman–Crippen MR) is 126 cm³/mol. The molecule has 31 heavy (non-hydrogen) atoms. The summed E-state index contributed by atoms with van der Waals surface area (Å²) in [6, 6.07) is 10.4. The van der Waals surface area contributed by atoms with Gasteiger partial charge in [-0.2, -0.15) is 0 Å². The summed E-state index contributed by atoms with van der Waals surface area (Å²) in [5.41, 5.74) is 1.23. The number of carbonyl (C=O) groups excluding carboxylic acids is 1. The van der Waals surface area contributed by atoms with Gasteiger partial charge in [0.15, 0.2) is 5.96 Å². The molecule has 2 saturated heterocycles. The minimum absolute atomic E-state index is 0.0119. The summed E-state index contributed by atoms with van der Waals surface area (Å²) >= 11 is 0. The molecule has 0 aromatic heterocycles. The lowest BCUT2D eigenvalue weighted by Crippen LogP contribution is -2.53. The molecule has 1 unspecified atom stereocenters. The van der Waals surface area contributed by atoms with Crippen LogP contribution in [0, 0.1) is 0 Å². The molecule has 1 aromatic rings. The van der Waals surface area contributed by atoms with E-state index < -0.39 is 0 Å². The Morgan fingerprint density at radius 2 is 1.97 bits per heavy atom. The largest absolute Gasteiger partial charge is 0.376 e. The van der Waals surface area contributed by atoms with Gasteiger partial charge < -0.3 is 19.9 Å². The lowest BCUT2D eigenvalue weighted by atomic mass is 10.1. The molecule has 0 saturated carbocycles. The highest BCUT2D eigenvalue weighted by Gasteiger charge is 2.21. The van der Waals surface area contributed by atoms with Crippen LogP contribution in [-0.2, 0) is 9.53 Å². The molecule has 3 rings (SSSR count). The molecule has 0 radical (unpaired) electrons. The van der Waals surface area contributed by atoms with E-state index in [4.69, 9.17) is 4.74 Å². The molecule has 0 spiro atoms. The number of carbonyl (C=O) groups is 1. The Kier molecular flexibility index (Phi) is 9.37. The first kappa shape index (κ1) is 23.3. The minimum atomic E-state index is 0.0119. The van der Waals surface area contributed by atoms with Gasteiger partial charge in [0.05, 0.1) is 6.10 Å². The Hall–Kier alpha value is -2.38. The van der Waals surface area contributed by atoms with E-state index in [0.717, 1.165) is 64.7 Å². The van der Waals surface area contributed by atoms with Gasteiger partial charge in [-0.1, -0.05) is 42.5 Å². The number of aliphatic imine (C=N–C) groups is 1. The number of nitrogens with one attached hydrogen (secondary N) is 1. The van der Waals surface area contributed by atoms with Gasteiger partial charge in [0.1, 0.15) is 6.54 Å². The van der Waals surface area contributed by atoms with Crippen LogP contribution in [0.15, 0.2) is 41.4 Å². The number of benzene rings is 1. The third-order valence-corrected chi connectivity index (χ3v) is 5.77. The predicted octanol–water partition coefficient (Wildman–Crippen LogP) is 1.92. The summed E-state index contributed by atoms with van der Waals surface area (Å²) in [7, 11) is 3.53. The molecular weight excluding hydrogens is 390 g/mol. The fourth-order valence-corrected chi connectivity index (χ4v) is 3.77. The molecule has 2 aliphatic rings. The number of rotatable bonds is 7. The smallest absolute Gasteiger partial charge is 0.243 e. The van der Waals surface area contributed by atoms with Crippen molar-refractivity contribution >= 4 is 17.9 Å². The SMILES string of the molecule is CN(C)C(=O)CN=C(NCC1CCCCO1)N1CCN(C/C=C/c2ccccc2)CC1. The number of hydrogen-bond acceptors (Lipinski definition) is 4. The first-order valence-electron chi connectivity index (χ1n) is 11.4. The van der Waals surface area contributed by atoms with Crippen LogP contribution in [0.25, 0.3) is 6.08 Å². The van der Waals surface area contributed by atoms with E-state index in [9.17, 15) is 4.79 Å². The molecule has 7 heteroatoms. The highest BCUT2D eigenvalue weighted by atomic mass is 16.5. The Morgan fingerprint density at radius 3 is 2.65 bits per heavy atom. The van der Waals surface area contributed by atoms with E-state index in [2.05, 4.69) is 56.5 Å². The zero-order valence-electron chi connectivity index (χ0n) is 19.0. The second-order valence-corrected chi connectivity index (χ2v) is 8.40. The molecule has 0 aliphatic carbocycles. The molecule has 1 N–H and O–H groups in total. The van der Waals surface area contributed by atoms with Gasteiger partial charge in [-0.05, 0) is 24.8 Å². The first-order chi connectivity index (χ1) is 15.1. The van der Waals surface area contributed by atoms with Crippen molar-refractivity contribution in [2.24, 2.45) is 4.99 Å². The Bertz CT molecular complexity index is 721. The van der Waals surface area contributed by atoms with Crippen molar-refractivity contribution in [3.8, 4) is 0 Å². The first-order valence-corrected chi connectivity index (χ1v) is 11.4. The maximum absolute atomic E-state index is 12.1. The molecule has 2 heterocycles.